The molecule has 0 saturated heterocycles. The van der Waals surface area contributed by atoms with E-state index in [1.54, 1.807) is 7.05 Å². The summed E-state index contributed by atoms with van der Waals surface area (Å²) < 4.78 is 1.60. The second-order valence-corrected chi connectivity index (χ2v) is 3.03. The van der Waals surface area contributed by atoms with E-state index in [0.717, 1.165) is 0 Å². The molecule has 68 valence electrons. The second-order valence-electron chi connectivity index (χ2n) is 2.62. The Balaban J connectivity index is 3.23. The van der Waals surface area contributed by atoms with Crippen LogP contribution in [0.5, 0.6) is 0 Å². The van der Waals surface area contributed by atoms with Gasteiger partial charge in [-0.3, -0.25) is 14.3 Å². The van der Waals surface area contributed by atoms with Crippen molar-refractivity contribution < 1.29 is 0 Å². The van der Waals surface area contributed by atoms with Gasteiger partial charge in [0, 0.05) is 7.05 Å². The van der Waals surface area contributed by atoms with Crippen LogP contribution in [0.25, 0.3) is 11.2 Å². The fourth-order valence-corrected chi connectivity index (χ4v) is 1.33. The van der Waals surface area contributed by atoms with E-state index >= 15 is 0 Å². The summed E-state index contributed by atoms with van der Waals surface area (Å²) >= 11 is 4.80. The Morgan fingerprint density at radius 3 is 2.62 bits per heavy atom. The molecule has 7 heteroatoms. The van der Waals surface area contributed by atoms with E-state index in [2.05, 4.69) is 15.0 Å². The fraction of sp³-hybridized carbons (Fsp3) is 0.167. The number of aryl methyl sites for hydroxylation is 1. The quantitative estimate of drug-likeness (QED) is 0.504. The average molecular weight is 198 g/mol. The first kappa shape index (κ1) is 7.99. The van der Waals surface area contributed by atoms with E-state index in [9.17, 15) is 9.59 Å². The van der Waals surface area contributed by atoms with Crippen LogP contribution in [0.4, 0.5) is 0 Å². The minimum absolute atomic E-state index is 0.284. The molecule has 3 N–H and O–H groups in total. The van der Waals surface area contributed by atoms with Gasteiger partial charge in [0.05, 0.1) is 0 Å². The van der Waals surface area contributed by atoms with Gasteiger partial charge in [-0.25, -0.2) is 4.79 Å². The monoisotopic (exact) mass is 198 g/mol. The number of nitrogens with one attached hydrogen (secondary N) is 3. The maximum Gasteiger partial charge on any atom is 0.329 e. The molecule has 0 bridgehead atoms. The molecule has 2 rings (SSSR count). The smallest absolute Gasteiger partial charge is 0.325 e. The van der Waals surface area contributed by atoms with Crippen molar-refractivity contribution in [3.63, 3.8) is 0 Å². The normalized spacial score (nSPS) is 10.8. The lowest BCUT2D eigenvalue weighted by atomic mass is 10.5. The first-order valence-corrected chi connectivity index (χ1v) is 3.92. The summed E-state index contributed by atoms with van der Waals surface area (Å²) in [6.45, 7) is 0. The Morgan fingerprint density at radius 1 is 1.23 bits per heavy atom. The van der Waals surface area contributed by atoms with Crippen LogP contribution in [-0.2, 0) is 7.05 Å². The molecule has 0 atom stereocenters. The van der Waals surface area contributed by atoms with E-state index in [1.807, 2.05) is 0 Å². The predicted molar refractivity (Wildman–Crippen MR) is 49.3 cm³/mol. The molecule has 0 aliphatic carbocycles. The van der Waals surface area contributed by atoms with Crippen molar-refractivity contribution in [2.75, 3.05) is 0 Å². The number of imidazole rings is 1. The number of aromatic amines is 3. The molecule has 0 fully saturated rings. The third-order valence-corrected chi connectivity index (χ3v) is 2.00. The van der Waals surface area contributed by atoms with E-state index < -0.39 is 11.2 Å². The van der Waals surface area contributed by atoms with Crippen LogP contribution >= 0.6 is 12.2 Å². The summed E-state index contributed by atoms with van der Waals surface area (Å²) in [5, 5.41) is 0. The zero-order valence-electron chi connectivity index (χ0n) is 6.67. The van der Waals surface area contributed by atoms with Crippen LogP contribution < -0.4 is 11.2 Å². The Bertz CT molecular complexity index is 628. The molecule has 6 nitrogen and oxygen atoms in total. The SMILES string of the molecule is Cn1c(=O)[nH]c(=O)c2[nH]c(=S)[nH]c21. The van der Waals surface area contributed by atoms with Gasteiger partial charge in [0.2, 0.25) is 0 Å². The summed E-state index contributed by atoms with van der Waals surface area (Å²) in [5.74, 6) is 0. The first-order chi connectivity index (χ1) is 6.09. The van der Waals surface area contributed by atoms with Crippen molar-refractivity contribution in [2.24, 2.45) is 7.05 Å². The number of nitrogens with zero attached hydrogens (tertiary/aromatic N) is 1. The van der Waals surface area contributed by atoms with Gasteiger partial charge in [-0.05, 0) is 12.2 Å². The Hall–Kier alpha value is -1.63. The van der Waals surface area contributed by atoms with Crippen LogP contribution in [0, 0.1) is 4.77 Å². The van der Waals surface area contributed by atoms with E-state index in [0.29, 0.717) is 10.4 Å². The number of hydrogen-bond acceptors (Lipinski definition) is 3. The highest BCUT2D eigenvalue weighted by molar-refractivity contribution is 7.71. The lowest BCUT2D eigenvalue weighted by molar-refractivity contribution is 0.832. The van der Waals surface area contributed by atoms with Crippen LogP contribution in [0.15, 0.2) is 9.59 Å². The zero-order chi connectivity index (χ0) is 9.59. The lowest BCUT2D eigenvalue weighted by Crippen LogP contribution is -2.28. The van der Waals surface area contributed by atoms with Crippen molar-refractivity contribution in [1.29, 1.82) is 0 Å². The van der Waals surface area contributed by atoms with Crippen LogP contribution in [0.2, 0.25) is 0 Å². The molecular formula is C6H6N4O2S. The highest BCUT2D eigenvalue weighted by Crippen LogP contribution is 1.98. The van der Waals surface area contributed by atoms with Gasteiger partial charge < -0.3 is 9.97 Å². The van der Waals surface area contributed by atoms with Crippen molar-refractivity contribution >= 4 is 23.4 Å². The van der Waals surface area contributed by atoms with Gasteiger partial charge in [-0.1, -0.05) is 0 Å². The van der Waals surface area contributed by atoms with Crippen molar-refractivity contribution in [1.82, 2.24) is 19.5 Å². The lowest BCUT2D eigenvalue weighted by Gasteiger charge is -1.95. The summed E-state index contributed by atoms with van der Waals surface area (Å²) in [5.41, 5.74) is -0.251. The molecule has 2 aromatic heterocycles. The molecule has 0 amide bonds. The Kier molecular flexibility index (Phi) is 1.49. The van der Waals surface area contributed by atoms with Crippen LogP contribution in [0.3, 0.4) is 0 Å². The van der Waals surface area contributed by atoms with Gasteiger partial charge in [-0.2, -0.15) is 0 Å². The molecule has 0 unspecified atom stereocenters. The Labute approximate surface area is 76.2 Å². The molecular weight excluding hydrogens is 192 g/mol. The van der Waals surface area contributed by atoms with E-state index in [-0.39, 0.29) is 5.52 Å². The standard InChI is InChI=1S/C6H6N4O2S/c1-10-3-2(7-5(13)8-3)4(11)9-6(10)12/h1H3,(H2,7,8,13)(H,9,11,12). The summed E-state index contributed by atoms with van der Waals surface area (Å²) in [7, 11) is 1.54. The molecule has 0 aliphatic heterocycles. The summed E-state index contributed by atoms with van der Waals surface area (Å²) in [6, 6.07) is 0. The number of aromatic nitrogens is 4. The number of fused-ring (bicyclic) bond motifs is 1. The molecule has 0 radical (unpaired) electrons. The van der Waals surface area contributed by atoms with Crippen molar-refractivity contribution in [3.05, 3.63) is 25.6 Å². The van der Waals surface area contributed by atoms with Gasteiger partial charge in [0.25, 0.3) is 5.56 Å². The molecule has 0 aromatic carbocycles. The van der Waals surface area contributed by atoms with Gasteiger partial charge in [0.1, 0.15) is 11.2 Å². The highest BCUT2D eigenvalue weighted by Gasteiger charge is 2.05. The van der Waals surface area contributed by atoms with Crippen LogP contribution in [-0.4, -0.2) is 19.5 Å². The number of hydrogen-bond donors (Lipinski definition) is 3. The summed E-state index contributed by atoms with van der Waals surface area (Å²) in [6.07, 6.45) is 0. The van der Waals surface area contributed by atoms with Crippen molar-refractivity contribution in [2.45, 2.75) is 0 Å². The predicted octanol–water partition coefficient (Wildman–Crippen LogP) is -0.388. The molecule has 2 heterocycles. The van der Waals surface area contributed by atoms with Gasteiger partial charge in [-0.15, -0.1) is 0 Å². The zero-order valence-corrected chi connectivity index (χ0v) is 7.49. The third kappa shape index (κ3) is 1.04. The molecule has 2 aromatic rings. The second kappa shape index (κ2) is 2.43. The average Bonchev–Trinajstić information content (AvgIpc) is 2.44. The third-order valence-electron chi connectivity index (χ3n) is 1.79. The van der Waals surface area contributed by atoms with E-state index in [1.165, 1.54) is 4.57 Å². The maximum absolute atomic E-state index is 11.2. The highest BCUT2D eigenvalue weighted by atomic mass is 32.1. The number of rotatable bonds is 0. The fourth-order valence-electron chi connectivity index (χ4n) is 1.13. The first-order valence-electron chi connectivity index (χ1n) is 3.51. The topological polar surface area (TPSA) is 86.4 Å². The maximum atomic E-state index is 11.2. The largest absolute Gasteiger partial charge is 0.329 e. The minimum atomic E-state index is -0.470. The minimum Gasteiger partial charge on any atom is -0.325 e. The van der Waals surface area contributed by atoms with E-state index in [4.69, 9.17) is 12.2 Å². The van der Waals surface area contributed by atoms with Gasteiger partial charge >= 0.3 is 5.69 Å². The summed E-state index contributed by atoms with van der Waals surface area (Å²) in [4.78, 5) is 29.8. The molecule has 0 aliphatic rings. The van der Waals surface area contributed by atoms with Gasteiger partial charge in [0.15, 0.2) is 4.77 Å². The number of H-pyrrole nitrogens is 3. The molecule has 0 spiro atoms. The molecule has 0 saturated carbocycles. The van der Waals surface area contributed by atoms with Crippen LogP contribution in [0.1, 0.15) is 0 Å². The van der Waals surface area contributed by atoms with Crippen molar-refractivity contribution in [3.8, 4) is 0 Å². The Morgan fingerprint density at radius 2 is 1.92 bits per heavy atom. The molecule has 13 heavy (non-hydrogen) atoms.